The Morgan fingerprint density at radius 2 is 1.92 bits per heavy atom. The van der Waals surface area contributed by atoms with Gasteiger partial charge in [0.05, 0.1) is 12.1 Å². The number of rotatable bonds is 5. The lowest BCUT2D eigenvalue weighted by Crippen LogP contribution is -2.26. The molecule has 0 radical (unpaired) electrons. The highest BCUT2D eigenvalue weighted by Gasteiger charge is 2.15. The van der Waals surface area contributed by atoms with Crippen molar-refractivity contribution in [2.75, 3.05) is 19.0 Å². The van der Waals surface area contributed by atoms with E-state index in [9.17, 15) is 4.79 Å². The van der Waals surface area contributed by atoms with E-state index in [0.29, 0.717) is 23.2 Å². The first-order chi connectivity index (χ1) is 11.6. The fraction of sp³-hybridized carbons (Fsp3) is 0.176. The van der Waals surface area contributed by atoms with E-state index in [2.05, 4.69) is 20.5 Å². The van der Waals surface area contributed by atoms with E-state index in [1.54, 1.807) is 23.2 Å². The van der Waals surface area contributed by atoms with E-state index in [0.717, 1.165) is 5.56 Å². The van der Waals surface area contributed by atoms with Gasteiger partial charge in [0.2, 0.25) is 11.8 Å². The minimum atomic E-state index is -0.244. The molecule has 2 aromatic heterocycles. The number of nitrogens with zero attached hydrogens (tertiary/aromatic N) is 4. The van der Waals surface area contributed by atoms with Crippen LogP contribution in [-0.4, -0.2) is 35.2 Å². The number of amides is 1. The van der Waals surface area contributed by atoms with Gasteiger partial charge in [-0.15, -0.1) is 10.2 Å². The maximum Gasteiger partial charge on any atom is 0.255 e. The zero-order valence-corrected chi connectivity index (χ0v) is 13.4. The number of carbonyl (C=O) groups is 1. The molecular weight excluding hydrogens is 306 g/mol. The van der Waals surface area contributed by atoms with Gasteiger partial charge in [0.15, 0.2) is 0 Å². The van der Waals surface area contributed by atoms with E-state index in [1.165, 1.54) is 0 Å². The molecule has 0 fully saturated rings. The third kappa shape index (κ3) is 3.40. The second-order valence-corrected chi connectivity index (χ2v) is 5.32. The molecule has 0 aliphatic carbocycles. The molecule has 0 atom stereocenters. The average Bonchev–Trinajstić information content (AvgIpc) is 3.09. The van der Waals surface area contributed by atoms with Crippen LogP contribution in [0.15, 0.2) is 53.1 Å². The van der Waals surface area contributed by atoms with Crippen molar-refractivity contribution < 1.29 is 9.21 Å². The number of pyridine rings is 1. The summed E-state index contributed by atoms with van der Waals surface area (Å²) in [6, 6.07) is 12.9. The summed E-state index contributed by atoms with van der Waals surface area (Å²) in [6.07, 6.45) is 1.65. The van der Waals surface area contributed by atoms with Crippen LogP contribution in [0.5, 0.6) is 0 Å². The molecule has 122 valence electrons. The van der Waals surface area contributed by atoms with Crippen LogP contribution >= 0.6 is 0 Å². The summed E-state index contributed by atoms with van der Waals surface area (Å²) in [5, 5.41) is 10.7. The molecule has 24 heavy (non-hydrogen) atoms. The van der Waals surface area contributed by atoms with Crippen molar-refractivity contribution in [1.82, 2.24) is 20.5 Å². The highest BCUT2D eigenvalue weighted by atomic mass is 16.4. The SMILES string of the molecule is CN(C)c1ncccc1C(=O)NCc1nnc(-c2ccccc2)o1. The number of aromatic nitrogens is 3. The monoisotopic (exact) mass is 323 g/mol. The van der Waals surface area contributed by atoms with Crippen molar-refractivity contribution in [3.05, 3.63) is 60.1 Å². The van der Waals surface area contributed by atoms with Crippen molar-refractivity contribution in [3.8, 4) is 11.5 Å². The molecule has 3 rings (SSSR count). The Kier molecular flexibility index (Phi) is 4.51. The lowest BCUT2D eigenvalue weighted by molar-refractivity contribution is 0.0947. The van der Waals surface area contributed by atoms with Crippen molar-refractivity contribution >= 4 is 11.7 Å². The fourth-order valence-corrected chi connectivity index (χ4v) is 2.20. The fourth-order valence-electron chi connectivity index (χ4n) is 2.20. The Morgan fingerprint density at radius 1 is 1.12 bits per heavy atom. The first-order valence-electron chi connectivity index (χ1n) is 7.43. The number of hydrogen-bond donors (Lipinski definition) is 1. The molecule has 0 unspecified atom stereocenters. The van der Waals surface area contributed by atoms with Gasteiger partial charge in [-0.3, -0.25) is 4.79 Å². The molecule has 0 saturated heterocycles. The molecule has 1 N–H and O–H groups in total. The van der Waals surface area contributed by atoms with Crippen molar-refractivity contribution in [3.63, 3.8) is 0 Å². The number of carbonyl (C=O) groups excluding carboxylic acids is 1. The maximum absolute atomic E-state index is 12.4. The van der Waals surface area contributed by atoms with Crippen LogP contribution in [0.4, 0.5) is 5.82 Å². The van der Waals surface area contributed by atoms with E-state index in [1.807, 2.05) is 44.4 Å². The first kappa shape index (κ1) is 15.7. The van der Waals surface area contributed by atoms with Gasteiger partial charge in [-0.25, -0.2) is 4.98 Å². The van der Waals surface area contributed by atoms with Crippen LogP contribution in [0.3, 0.4) is 0 Å². The number of benzene rings is 1. The molecule has 0 bridgehead atoms. The number of nitrogens with one attached hydrogen (secondary N) is 1. The highest BCUT2D eigenvalue weighted by molar-refractivity contribution is 5.98. The first-order valence-corrected chi connectivity index (χ1v) is 7.43. The van der Waals surface area contributed by atoms with Crippen LogP contribution in [-0.2, 0) is 6.54 Å². The molecule has 1 amide bonds. The molecule has 7 heteroatoms. The average molecular weight is 323 g/mol. The molecule has 7 nitrogen and oxygen atoms in total. The number of anilines is 1. The van der Waals surface area contributed by atoms with Crippen LogP contribution in [0.1, 0.15) is 16.2 Å². The van der Waals surface area contributed by atoms with E-state index in [4.69, 9.17) is 4.42 Å². The summed E-state index contributed by atoms with van der Waals surface area (Å²) in [6.45, 7) is 0.153. The molecule has 2 heterocycles. The van der Waals surface area contributed by atoms with Crippen molar-refractivity contribution in [2.45, 2.75) is 6.54 Å². The van der Waals surface area contributed by atoms with Gasteiger partial charge in [0, 0.05) is 25.9 Å². The normalized spacial score (nSPS) is 10.4. The minimum Gasteiger partial charge on any atom is -0.419 e. The summed E-state index contributed by atoms with van der Waals surface area (Å²) < 4.78 is 5.57. The summed E-state index contributed by atoms with van der Waals surface area (Å²) in [4.78, 5) is 18.4. The highest BCUT2D eigenvalue weighted by Crippen LogP contribution is 2.17. The molecular formula is C17H17N5O2. The van der Waals surface area contributed by atoms with Crippen molar-refractivity contribution in [2.24, 2.45) is 0 Å². The van der Waals surface area contributed by atoms with Crippen LogP contribution in [0, 0.1) is 0 Å². The Bertz CT molecular complexity index is 830. The van der Waals surface area contributed by atoms with Crippen LogP contribution in [0.25, 0.3) is 11.5 Å². The largest absolute Gasteiger partial charge is 0.419 e. The van der Waals surface area contributed by atoms with Gasteiger partial charge in [-0.1, -0.05) is 18.2 Å². The van der Waals surface area contributed by atoms with Crippen molar-refractivity contribution in [1.29, 1.82) is 0 Å². The van der Waals surface area contributed by atoms with Gasteiger partial charge in [-0.2, -0.15) is 0 Å². The van der Waals surface area contributed by atoms with E-state index < -0.39 is 0 Å². The molecule has 1 aromatic carbocycles. The van der Waals surface area contributed by atoms with Crippen LogP contribution < -0.4 is 10.2 Å². The molecule has 3 aromatic rings. The smallest absolute Gasteiger partial charge is 0.255 e. The molecule has 0 saturated carbocycles. The van der Waals surface area contributed by atoms with Gasteiger partial charge in [0.1, 0.15) is 5.82 Å². The maximum atomic E-state index is 12.4. The second-order valence-electron chi connectivity index (χ2n) is 5.32. The minimum absolute atomic E-state index is 0.153. The quantitative estimate of drug-likeness (QED) is 0.774. The Hall–Kier alpha value is -3.22. The lowest BCUT2D eigenvalue weighted by atomic mass is 10.2. The third-order valence-electron chi connectivity index (χ3n) is 3.34. The topological polar surface area (TPSA) is 84.2 Å². The van der Waals surface area contributed by atoms with Gasteiger partial charge in [-0.05, 0) is 24.3 Å². The second kappa shape index (κ2) is 6.91. The lowest BCUT2D eigenvalue weighted by Gasteiger charge is -2.14. The molecule has 0 aliphatic heterocycles. The predicted molar refractivity (Wildman–Crippen MR) is 89.5 cm³/mol. The summed E-state index contributed by atoms with van der Waals surface area (Å²) in [5.74, 6) is 1.13. The zero-order valence-electron chi connectivity index (χ0n) is 13.4. The van der Waals surface area contributed by atoms with E-state index in [-0.39, 0.29) is 12.5 Å². The summed E-state index contributed by atoms with van der Waals surface area (Å²) in [7, 11) is 3.67. The molecule has 0 aliphatic rings. The third-order valence-corrected chi connectivity index (χ3v) is 3.34. The predicted octanol–water partition coefficient (Wildman–Crippen LogP) is 2.13. The summed E-state index contributed by atoms with van der Waals surface area (Å²) in [5.41, 5.74) is 1.33. The van der Waals surface area contributed by atoms with Crippen LogP contribution in [0.2, 0.25) is 0 Å². The Morgan fingerprint density at radius 3 is 2.67 bits per heavy atom. The Labute approximate surface area is 139 Å². The van der Waals surface area contributed by atoms with Gasteiger partial charge in [0.25, 0.3) is 5.91 Å². The standard InChI is InChI=1S/C17H17N5O2/c1-22(2)15-13(9-6-10-18-15)16(23)19-11-14-20-21-17(24-14)12-7-4-3-5-8-12/h3-10H,11H2,1-2H3,(H,19,23). The van der Waals surface area contributed by atoms with Gasteiger partial charge >= 0.3 is 0 Å². The van der Waals surface area contributed by atoms with Gasteiger partial charge < -0.3 is 14.6 Å². The summed E-state index contributed by atoms with van der Waals surface area (Å²) >= 11 is 0. The zero-order chi connectivity index (χ0) is 16.9. The number of hydrogen-bond acceptors (Lipinski definition) is 6. The Balaban J connectivity index is 1.68. The van der Waals surface area contributed by atoms with E-state index >= 15 is 0 Å². The molecule has 0 spiro atoms.